The summed E-state index contributed by atoms with van der Waals surface area (Å²) in [6.45, 7) is 5.70. The van der Waals surface area contributed by atoms with Gasteiger partial charge >= 0.3 is 0 Å². The predicted octanol–water partition coefficient (Wildman–Crippen LogP) is 4.27. The van der Waals surface area contributed by atoms with Gasteiger partial charge in [-0.2, -0.15) is 0 Å². The number of hydrogen-bond acceptors (Lipinski definition) is 0. The number of nitrogens with zero attached hydrogens (tertiary/aromatic N) is 1. The van der Waals surface area contributed by atoms with Crippen molar-refractivity contribution in [2.45, 2.75) is 90.9 Å². The normalized spacial score (nSPS) is 11.4. The van der Waals surface area contributed by atoms with Gasteiger partial charge in [-0.15, -0.1) is 0 Å². The number of halogens is 1. The smallest absolute Gasteiger partial charge is 0.132 e. The quantitative estimate of drug-likeness (QED) is 0.340. The van der Waals surface area contributed by atoms with E-state index < -0.39 is 0 Å². The van der Waals surface area contributed by atoms with Crippen LogP contribution in [0.4, 0.5) is 5.69 Å². The van der Waals surface area contributed by atoms with Gasteiger partial charge in [-0.3, -0.25) is 4.48 Å². The number of benzene rings is 1. The molecule has 1 rings (SSSR count). The van der Waals surface area contributed by atoms with Crippen LogP contribution in [0.25, 0.3) is 0 Å². The van der Waals surface area contributed by atoms with Gasteiger partial charge in [0.05, 0.1) is 20.6 Å². The van der Waals surface area contributed by atoms with Gasteiger partial charge in [0.1, 0.15) is 5.69 Å². The van der Waals surface area contributed by atoms with Crippen LogP contribution < -0.4 is 16.9 Å². The zero-order valence-corrected chi connectivity index (χ0v) is 18.1. The molecule has 0 aliphatic rings. The van der Waals surface area contributed by atoms with E-state index in [0.717, 1.165) is 4.48 Å². The molecule has 25 heavy (non-hydrogen) atoms. The Morgan fingerprint density at radius 3 is 1.48 bits per heavy atom. The molecule has 0 spiro atoms. The third-order valence-corrected chi connectivity index (χ3v) is 5.30. The molecule has 0 aliphatic heterocycles. The highest BCUT2D eigenvalue weighted by atomic mass is 35.5. The fourth-order valence-corrected chi connectivity index (χ4v) is 3.43. The first-order chi connectivity index (χ1) is 11.6. The molecule has 0 saturated heterocycles. The van der Waals surface area contributed by atoms with E-state index in [-0.39, 0.29) is 12.4 Å². The largest absolute Gasteiger partial charge is 1.00 e. The molecule has 0 amide bonds. The number of unbranched alkanes of at least 4 members (excludes halogenated alkanes) is 11. The van der Waals surface area contributed by atoms with Gasteiger partial charge < -0.3 is 12.4 Å². The van der Waals surface area contributed by atoms with Gasteiger partial charge in [0.15, 0.2) is 0 Å². The van der Waals surface area contributed by atoms with E-state index in [4.69, 9.17) is 0 Å². The number of aryl methyl sites for hydroxylation is 1. The molecule has 0 fully saturated rings. The summed E-state index contributed by atoms with van der Waals surface area (Å²) in [7, 11) is 4.67. The van der Waals surface area contributed by atoms with Crippen LogP contribution in [0.1, 0.15) is 89.5 Å². The second-order valence-electron chi connectivity index (χ2n) is 8.13. The molecule has 0 unspecified atom stereocenters. The van der Waals surface area contributed by atoms with Crippen molar-refractivity contribution in [3.8, 4) is 0 Å². The third-order valence-electron chi connectivity index (χ3n) is 5.30. The van der Waals surface area contributed by atoms with Crippen molar-refractivity contribution in [3.63, 3.8) is 0 Å². The van der Waals surface area contributed by atoms with Crippen molar-refractivity contribution < 1.29 is 12.4 Å². The summed E-state index contributed by atoms with van der Waals surface area (Å²) in [6.07, 6.45) is 17.1. The van der Waals surface area contributed by atoms with Crippen LogP contribution in [0.3, 0.4) is 0 Å². The van der Waals surface area contributed by atoms with Crippen LogP contribution in [0.5, 0.6) is 0 Å². The first-order valence-electron chi connectivity index (χ1n) is 10.5. The highest BCUT2D eigenvalue weighted by Crippen LogP contribution is 2.20. The van der Waals surface area contributed by atoms with Crippen molar-refractivity contribution in [2.75, 3.05) is 20.6 Å². The Morgan fingerprint density at radius 2 is 1.04 bits per heavy atom. The third kappa shape index (κ3) is 11.7. The topological polar surface area (TPSA) is 0 Å². The van der Waals surface area contributed by atoms with Crippen molar-refractivity contribution in [1.82, 2.24) is 4.48 Å². The summed E-state index contributed by atoms with van der Waals surface area (Å²) < 4.78 is 1.01. The minimum absolute atomic E-state index is 0. The van der Waals surface area contributed by atoms with Crippen LogP contribution in [-0.2, 0) is 0 Å². The Morgan fingerprint density at radius 1 is 0.640 bits per heavy atom. The van der Waals surface area contributed by atoms with Gasteiger partial charge in [-0.1, -0.05) is 88.8 Å². The Hall–Kier alpha value is -0.530. The molecule has 146 valence electrons. The van der Waals surface area contributed by atoms with Gasteiger partial charge in [0.2, 0.25) is 0 Å². The lowest BCUT2D eigenvalue weighted by atomic mass is 10.1. The number of quaternary nitrogens is 1. The average molecular weight is 368 g/mol. The lowest BCUT2D eigenvalue weighted by Crippen LogP contribution is -3.00. The zero-order chi connectivity index (χ0) is 17.7. The second kappa shape index (κ2) is 14.6. The SMILES string of the molecule is CCCCCCCCCCCCCC[N+](C)(C)c1ccc(C)cc1.[Cl-]. The van der Waals surface area contributed by atoms with Gasteiger partial charge in [0.25, 0.3) is 0 Å². The molecule has 0 aliphatic carbocycles. The van der Waals surface area contributed by atoms with Crippen LogP contribution in [0.2, 0.25) is 0 Å². The summed E-state index contributed by atoms with van der Waals surface area (Å²) in [5.41, 5.74) is 2.78. The molecule has 0 radical (unpaired) electrons. The van der Waals surface area contributed by atoms with Crippen molar-refractivity contribution in [3.05, 3.63) is 29.8 Å². The molecule has 0 atom stereocenters. The lowest BCUT2D eigenvalue weighted by molar-refractivity contribution is -0.00000546. The van der Waals surface area contributed by atoms with Crippen LogP contribution in [-0.4, -0.2) is 20.6 Å². The molecule has 1 nitrogen and oxygen atoms in total. The molecule has 2 heteroatoms. The highest BCUT2D eigenvalue weighted by Gasteiger charge is 2.17. The van der Waals surface area contributed by atoms with Crippen molar-refractivity contribution in [2.24, 2.45) is 0 Å². The van der Waals surface area contributed by atoms with Crippen LogP contribution >= 0.6 is 0 Å². The maximum absolute atomic E-state index is 2.34. The summed E-state index contributed by atoms with van der Waals surface area (Å²) in [5, 5.41) is 0. The predicted molar refractivity (Wildman–Crippen MR) is 111 cm³/mol. The minimum Gasteiger partial charge on any atom is -1.00 e. The second-order valence-corrected chi connectivity index (χ2v) is 8.13. The summed E-state index contributed by atoms with van der Waals surface area (Å²) in [4.78, 5) is 0. The summed E-state index contributed by atoms with van der Waals surface area (Å²) in [5.74, 6) is 0. The average Bonchev–Trinajstić information content (AvgIpc) is 2.56. The Labute approximate surface area is 164 Å². The molecule has 1 aromatic carbocycles. The molecule has 0 saturated carbocycles. The summed E-state index contributed by atoms with van der Waals surface area (Å²) >= 11 is 0. The molecule has 0 N–H and O–H groups in total. The Kier molecular flexibility index (Phi) is 14.3. The lowest BCUT2D eigenvalue weighted by Gasteiger charge is -2.29. The zero-order valence-electron chi connectivity index (χ0n) is 17.3. The van der Waals surface area contributed by atoms with E-state index in [9.17, 15) is 0 Å². The van der Waals surface area contributed by atoms with E-state index in [0.29, 0.717) is 0 Å². The van der Waals surface area contributed by atoms with Crippen LogP contribution in [0, 0.1) is 6.92 Å². The van der Waals surface area contributed by atoms with Crippen molar-refractivity contribution in [1.29, 1.82) is 0 Å². The van der Waals surface area contributed by atoms with E-state index >= 15 is 0 Å². The summed E-state index contributed by atoms with van der Waals surface area (Å²) in [6, 6.07) is 9.04. The first kappa shape index (κ1) is 24.5. The standard InChI is InChI=1S/C23H42N.ClH/c1-5-6-7-8-9-10-11-12-13-14-15-16-21-24(3,4)23-19-17-22(2)18-20-23;/h17-20H,5-16,21H2,1-4H3;1H/q+1;/p-1. The highest BCUT2D eigenvalue weighted by molar-refractivity contribution is 5.42. The molecule has 0 aromatic heterocycles. The number of rotatable bonds is 14. The molecular formula is C23H42ClN. The van der Waals surface area contributed by atoms with E-state index in [1.807, 2.05) is 0 Å². The maximum atomic E-state index is 2.34. The Balaban J connectivity index is 0.00000576. The van der Waals surface area contributed by atoms with Crippen LogP contribution in [0.15, 0.2) is 24.3 Å². The van der Waals surface area contributed by atoms with E-state index in [1.165, 1.54) is 94.8 Å². The van der Waals surface area contributed by atoms with Gasteiger partial charge in [0, 0.05) is 0 Å². The Bertz CT molecular complexity index is 411. The maximum Gasteiger partial charge on any atom is 0.132 e. The molecule has 0 bridgehead atoms. The fourth-order valence-electron chi connectivity index (χ4n) is 3.43. The first-order valence-corrected chi connectivity index (χ1v) is 10.5. The van der Waals surface area contributed by atoms with Gasteiger partial charge in [-0.05, 0) is 31.9 Å². The molecular weight excluding hydrogens is 326 g/mol. The van der Waals surface area contributed by atoms with E-state index in [1.54, 1.807) is 0 Å². The monoisotopic (exact) mass is 367 g/mol. The minimum atomic E-state index is 0. The number of hydrogen-bond donors (Lipinski definition) is 0. The van der Waals surface area contributed by atoms with Gasteiger partial charge in [-0.25, -0.2) is 0 Å². The molecule has 0 heterocycles. The van der Waals surface area contributed by atoms with E-state index in [2.05, 4.69) is 52.2 Å². The fraction of sp³-hybridized carbons (Fsp3) is 0.739. The van der Waals surface area contributed by atoms with Crippen molar-refractivity contribution >= 4 is 5.69 Å². The molecule has 1 aromatic rings.